The molecule has 2 aromatic carbocycles. The summed E-state index contributed by atoms with van der Waals surface area (Å²) < 4.78 is 39.7. The number of benzene rings is 2. The van der Waals surface area contributed by atoms with E-state index < -0.39 is 11.9 Å². The van der Waals surface area contributed by atoms with E-state index in [-0.39, 0.29) is 11.9 Å². The van der Waals surface area contributed by atoms with Gasteiger partial charge in [-0.25, -0.2) is 9.69 Å². The fourth-order valence-electron chi connectivity index (χ4n) is 3.80. The van der Waals surface area contributed by atoms with Crippen LogP contribution in [0.2, 0.25) is 0 Å². The van der Waals surface area contributed by atoms with Gasteiger partial charge in [0.2, 0.25) is 0 Å². The number of nitrogens with one attached hydrogen (secondary N) is 1. The van der Waals surface area contributed by atoms with Gasteiger partial charge in [-0.1, -0.05) is 30.3 Å². The van der Waals surface area contributed by atoms with E-state index in [1.807, 2.05) is 18.2 Å². The molecule has 6 nitrogen and oxygen atoms in total. The molecule has 1 aliphatic rings. The summed E-state index contributed by atoms with van der Waals surface area (Å²) in [5, 5.41) is 9.70. The zero-order valence-electron chi connectivity index (χ0n) is 17.2. The highest BCUT2D eigenvalue weighted by molar-refractivity contribution is 6.05. The van der Waals surface area contributed by atoms with Crippen LogP contribution in [-0.2, 0) is 6.18 Å². The van der Waals surface area contributed by atoms with Gasteiger partial charge in [0.1, 0.15) is 6.04 Å². The van der Waals surface area contributed by atoms with E-state index in [4.69, 9.17) is 0 Å². The lowest BCUT2D eigenvalue weighted by atomic mass is 10.0. The van der Waals surface area contributed by atoms with E-state index >= 15 is 0 Å². The topological polar surface area (TPSA) is 66.3 Å². The van der Waals surface area contributed by atoms with Crippen molar-refractivity contribution in [1.82, 2.24) is 19.8 Å². The van der Waals surface area contributed by atoms with Crippen LogP contribution >= 0.6 is 0 Å². The minimum Gasteiger partial charge on any atom is -0.363 e. The summed E-state index contributed by atoms with van der Waals surface area (Å²) in [5.41, 5.74) is 2.43. The minimum absolute atomic E-state index is 0.210. The molecule has 1 amide bonds. The van der Waals surface area contributed by atoms with Crippen LogP contribution in [0.25, 0.3) is 5.69 Å². The van der Waals surface area contributed by atoms with Crippen LogP contribution in [0.15, 0.2) is 90.3 Å². The second kappa shape index (κ2) is 8.09. The molecular formula is C24H18F3N5O. The summed E-state index contributed by atoms with van der Waals surface area (Å²) in [7, 11) is 0. The molecule has 0 saturated heterocycles. The number of aromatic nitrogens is 3. The number of hydrogen-bond donors (Lipinski definition) is 1. The molecule has 9 heteroatoms. The van der Waals surface area contributed by atoms with Crippen molar-refractivity contribution >= 4 is 11.6 Å². The third kappa shape index (κ3) is 4.05. The molecule has 5 rings (SSSR count). The zero-order valence-corrected chi connectivity index (χ0v) is 17.2. The molecule has 33 heavy (non-hydrogen) atoms. The molecule has 0 spiro atoms. The maximum Gasteiger partial charge on any atom is 0.435 e. The molecule has 0 fully saturated rings. The third-order valence-corrected chi connectivity index (χ3v) is 5.46. The van der Waals surface area contributed by atoms with E-state index in [1.165, 1.54) is 15.9 Å². The summed E-state index contributed by atoms with van der Waals surface area (Å²) >= 11 is 0. The number of carbonyl (C=O) groups is 1. The van der Waals surface area contributed by atoms with Crippen LogP contribution < -0.4 is 0 Å². The van der Waals surface area contributed by atoms with E-state index in [9.17, 15) is 18.0 Å². The lowest BCUT2D eigenvalue weighted by Gasteiger charge is -2.20. The highest BCUT2D eigenvalue weighted by Crippen LogP contribution is 2.33. The van der Waals surface area contributed by atoms with Crippen LogP contribution in [0.1, 0.15) is 39.8 Å². The fraction of sp³-hybridized carbons (Fsp3) is 0.125. The number of amides is 1. The van der Waals surface area contributed by atoms with Gasteiger partial charge >= 0.3 is 6.18 Å². The number of rotatable bonds is 4. The molecule has 1 aliphatic heterocycles. The van der Waals surface area contributed by atoms with Gasteiger partial charge in [0.25, 0.3) is 5.91 Å². The Labute approximate surface area is 187 Å². The molecule has 1 unspecified atom stereocenters. The molecule has 4 aromatic rings. The molecule has 0 saturated carbocycles. The molecule has 1 N–H and O–H groups in total. The maximum absolute atomic E-state index is 13.2. The lowest BCUT2D eigenvalue weighted by Crippen LogP contribution is -2.27. The Balaban J connectivity index is 1.43. The van der Waals surface area contributed by atoms with Crippen LogP contribution in [0.5, 0.6) is 0 Å². The first-order chi connectivity index (χ1) is 15.9. The Morgan fingerprint density at radius 3 is 2.36 bits per heavy atom. The Morgan fingerprint density at radius 2 is 1.73 bits per heavy atom. The quantitative estimate of drug-likeness (QED) is 0.465. The average Bonchev–Trinajstić information content (AvgIpc) is 3.59. The molecule has 166 valence electrons. The van der Waals surface area contributed by atoms with E-state index in [1.54, 1.807) is 54.7 Å². The van der Waals surface area contributed by atoms with Crippen molar-refractivity contribution in [2.24, 2.45) is 5.10 Å². The van der Waals surface area contributed by atoms with Crippen LogP contribution in [0.4, 0.5) is 13.2 Å². The summed E-state index contributed by atoms with van der Waals surface area (Å²) in [6.07, 6.45) is -0.928. The Hall–Kier alpha value is -4.14. The Kier molecular flexibility index (Phi) is 5.08. The summed E-state index contributed by atoms with van der Waals surface area (Å²) in [4.78, 5) is 16.3. The first kappa shape index (κ1) is 20.7. The van der Waals surface area contributed by atoms with E-state index in [2.05, 4.69) is 15.2 Å². The van der Waals surface area contributed by atoms with Crippen molar-refractivity contribution in [1.29, 1.82) is 0 Å². The van der Waals surface area contributed by atoms with Gasteiger partial charge in [-0.15, -0.1) is 0 Å². The van der Waals surface area contributed by atoms with Gasteiger partial charge in [0.05, 0.1) is 11.4 Å². The normalized spacial score (nSPS) is 16.2. The van der Waals surface area contributed by atoms with Crippen molar-refractivity contribution in [3.05, 3.63) is 108 Å². The summed E-state index contributed by atoms with van der Waals surface area (Å²) in [6.45, 7) is 0. The number of alkyl halides is 3. The van der Waals surface area contributed by atoms with E-state index in [0.29, 0.717) is 23.4 Å². The highest BCUT2D eigenvalue weighted by atomic mass is 19.4. The number of H-pyrrole nitrogens is 1. The summed E-state index contributed by atoms with van der Waals surface area (Å²) in [5.74, 6) is -0.210. The highest BCUT2D eigenvalue weighted by Gasteiger charge is 2.35. The predicted octanol–water partition coefficient (Wildman–Crippen LogP) is 5.21. The van der Waals surface area contributed by atoms with Gasteiger partial charge in [0.15, 0.2) is 5.69 Å². The molecule has 0 radical (unpaired) electrons. The Bertz CT molecular complexity index is 1290. The molecule has 0 bridgehead atoms. The van der Waals surface area contributed by atoms with Gasteiger partial charge in [-0.3, -0.25) is 4.79 Å². The van der Waals surface area contributed by atoms with Crippen molar-refractivity contribution in [3.63, 3.8) is 0 Å². The number of carbonyl (C=O) groups excluding carboxylic acids is 1. The molecule has 1 atom stereocenters. The van der Waals surface area contributed by atoms with Crippen LogP contribution in [0, 0.1) is 0 Å². The van der Waals surface area contributed by atoms with Crippen molar-refractivity contribution in [3.8, 4) is 5.69 Å². The molecular weight excluding hydrogens is 431 g/mol. The summed E-state index contributed by atoms with van der Waals surface area (Å²) in [6, 6.07) is 20.3. The average molecular weight is 449 g/mol. The van der Waals surface area contributed by atoms with Crippen molar-refractivity contribution < 1.29 is 18.0 Å². The van der Waals surface area contributed by atoms with Crippen molar-refractivity contribution in [2.45, 2.75) is 18.6 Å². The second-order valence-electron chi connectivity index (χ2n) is 7.60. The first-order valence-electron chi connectivity index (χ1n) is 10.2. The molecule has 2 aromatic heterocycles. The number of hydrogen-bond acceptors (Lipinski definition) is 3. The number of halogens is 3. The van der Waals surface area contributed by atoms with Gasteiger partial charge in [-0.2, -0.15) is 23.4 Å². The van der Waals surface area contributed by atoms with Crippen molar-refractivity contribution in [2.75, 3.05) is 0 Å². The molecule has 0 aliphatic carbocycles. The SMILES string of the molecule is O=C(c1ccccc1)N1N=C(c2ccc(-n3ccc(C(F)(F)F)n3)cc2)CC1c1ccc[nH]1. The second-order valence-corrected chi connectivity index (χ2v) is 7.60. The zero-order chi connectivity index (χ0) is 23.0. The van der Waals surface area contributed by atoms with E-state index in [0.717, 1.165) is 17.3 Å². The first-order valence-corrected chi connectivity index (χ1v) is 10.2. The maximum atomic E-state index is 13.2. The fourth-order valence-corrected chi connectivity index (χ4v) is 3.80. The van der Waals surface area contributed by atoms with Gasteiger partial charge in [0, 0.05) is 30.1 Å². The predicted molar refractivity (Wildman–Crippen MR) is 116 cm³/mol. The molecule has 3 heterocycles. The minimum atomic E-state index is -4.49. The monoisotopic (exact) mass is 449 g/mol. The lowest BCUT2D eigenvalue weighted by molar-refractivity contribution is -0.141. The Morgan fingerprint density at radius 1 is 0.970 bits per heavy atom. The van der Waals surface area contributed by atoms with Crippen LogP contribution in [0.3, 0.4) is 0 Å². The van der Waals surface area contributed by atoms with Crippen LogP contribution in [-0.4, -0.2) is 31.4 Å². The third-order valence-electron chi connectivity index (χ3n) is 5.46. The smallest absolute Gasteiger partial charge is 0.363 e. The van der Waals surface area contributed by atoms with Gasteiger partial charge < -0.3 is 4.98 Å². The standard InChI is InChI=1S/C24H18F3N5O/c25-24(26,27)22-12-14-31(30-22)18-10-8-16(9-11-18)20-15-21(19-7-4-13-28-19)32(29-20)23(33)17-5-2-1-3-6-17/h1-14,21,28H,15H2. The number of nitrogens with zero attached hydrogens (tertiary/aromatic N) is 4. The number of aromatic amines is 1. The van der Waals surface area contributed by atoms with Gasteiger partial charge in [-0.05, 0) is 48.0 Å². The largest absolute Gasteiger partial charge is 0.435 e. The number of hydrazone groups is 1.